The van der Waals surface area contributed by atoms with Gasteiger partial charge in [-0.3, -0.25) is 0 Å². The lowest BCUT2D eigenvalue weighted by molar-refractivity contribution is 0.873. The van der Waals surface area contributed by atoms with Gasteiger partial charge in [-0.25, -0.2) is 15.0 Å². The largest absolute Gasteiger partial charge is 0.382 e. The fourth-order valence-electron chi connectivity index (χ4n) is 1.13. The Labute approximate surface area is 83.0 Å². The van der Waals surface area contributed by atoms with Crippen molar-refractivity contribution in [1.29, 1.82) is 0 Å². The van der Waals surface area contributed by atoms with Crippen LogP contribution in [-0.2, 0) is 7.05 Å². The van der Waals surface area contributed by atoms with Crippen LogP contribution in [0.2, 0.25) is 0 Å². The van der Waals surface area contributed by atoms with Gasteiger partial charge in [-0.1, -0.05) is 13.8 Å². The summed E-state index contributed by atoms with van der Waals surface area (Å²) >= 11 is 0. The summed E-state index contributed by atoms with van der Waals surface area (Å²) in [6.07, 6.45) is 1.44. The van der Waals surface area contributed by atoms with Crippen LogP contribution in [0, 0.1) is 6.92 Å². The predicted molar refractivity (Wildman–Crippen MR) is 56.8 cm³/mol. The van der Waals surface area contributed by atoms with Crippen LogP contribution < -0.4 is 5.73 Å². The topological polar surface area (TPSA) is 69.6 Å². The summed E-state index contributed by atoms with van der Waals surface area (Å²) in [4.78, 5) is 12.1. The highest BCUT2D eigenvalue weighted by Gasteiger charge is 2.07. The lowest BCUT2D eigenvalue weighted by Gasteiger charge is -1.94. The van der Waals surface area contributed by atoms with Crippen LogP contribution >= 0.6 is 0 Å². The SMILES string of the molecule is CC.Cc1nc2c(N)ncnc2n1C. The Morgan fingerprint density at radius 1 is 1.29 bits per heavy atom. The van der Waals surface area contributed by atoms with E-state index < -0.39 is 0 Å². The highest BCUT2D eigenvalue weighted by Crippen LogP contribution is 2.14. The van der Waals surface area contributed by atoms with Gasteiger partial charge in [-0.2, -0.15) is 0 Å². The molecule has 2 aromatic rings. The van der Waals surface area contributed by atoms with Gasteiger partial charge in [0, 0.05) is 7.05 Å². The Bertz CT molecular complexity index is 432. The van der Waals surface area contributed by atoms with Gasteiger partial charge in [0.1, 0.15) is 12.2 Å². The van der Waals surface area contributed by atoms with Crippen LogP contribution in [0.5, 0.6) is 0 Å². The zero-order valence-electron chi connectivity index (χ0n) is 8.94. The quantitative estimate of drug-likeness (QED) is 0.684. The molecule has 5 heteroatoms. The summed E-state index contributed by atoms with van der Waals surface area (Å²) in [6, 6.07) is 0. The van der Waals surface area contributed by atoms with Crippen LogP contribution in [-0.4, -0.2) is 19.5 Å². The Balaban J connectivity index is 0.000000461. The Kier molecular flexibility index (Phi) is 3.01. The first-order valence-corrected chi connectivity index (χ1v) is 4.59. The number of hydrogen-bond acceptors (Lipinski definition) is 4. The molecular formula is C9H15N5. The fourth-order valence-corrected chi connectivity index (χ4v) is 1.13. The zero-order valence-corrected chi connectivity index (χ0v) is 8.94. The molecule has 0 saturated carbocycles. The molecule has 14 heavy (non-hydrogen) atoms. The van der Waals surface area contributed by atoms with Crippen molar-refractivity contribution in [2.45, 2.75) is 20.8 Å². The first-order chi connectivity index (χ1) is 6.70. The Morgan fingerprint density at radius 3 is 2.50 bits per heavy atom. The van der Waals surface area contributed by atoms with Gasteiger partial charge in [-0.05, 0) is 6.92 Å². The molecule has 2 aromatic heterocycles. The molecule has 2 rings (SSSR count). The summed E-state index contributed by atoms with van der Waals surface area (Å²) in [7, 11) is 1.90. The lowest BCUT2D eigenvalue weighted by Crippen LogP contribution is -1.95. The minimum atomic E-state index is 0.434. The highest BCUT2D eigenvalue weighted by molar-refractivity contribution is 5.81. The zero-order chi connectivity index (χ0) is 10.7. The van der Waals surface area contributed by atoms with Crippen LogP contribution in [0.15, 0.2) is 6.33 Å². The maximum Gasteiger partial charge on any atom is 0.165 e. The summed E-state index contributed by atoms with van der Waals surface area (Å²) in [5.74, 6) is 1.32. The highest BCUT2D eigenvalue weighted by atomic mass is 15.1. The maximum atomic E-state index is 5.61. The molecule has 0 aliphatic rings. The number of anilines is 1. The van der Waals surface area contributed by atoms with E-state index in [4.69, 9.17) is 5.73 Å². The molecule has 2 heterocycles. The monoisotopic (exact) mass is 193 g/mol. The van der Waals surface area contributed by atoms with Gasteiger partial charge < -0.3 is 10.3 Å². The number of nitrogens with two attached hydrogens (primary N) is 1. The molecule has 0 aliphatic carbocycles. The van der Waals surface area contributed by atoms with E-state index in [1.165, 1.54) is 6.33 Å². The van der Waals surface area contributed by atoms with Crippen LogP contribution in [0.3, 0.4) is 0 Å². The number of fused-ring (bicyclic) bond motifs is 1. The van der Waals surface area contributed by atoms with Gasteiger partial charge in [0.2, 0.25) is 0 Å². The molecule has 76 valence electrons. The van der Waals surface area contributed by atoms with Gasteiger partial charge in [0.05, 0.1) is 0 Å². The molecule has 0 radical (unpaired) electrons. The minimum Gasteiger partial charge on any atom is -0.382 e. The van der Waals surface area contributed by atoms with Gasteiger partial charge in [0.15, 0.2) is 17.0 Å². The molecular weight excluding hydrogens is 178 g/mol. The first kappa shape index (κ1) is 10.4. The minimum absolute atomic E-state index is 0.434. The van der Waals surface area contributed by atoms with Crippen LogP contribution in [0.1, 0.15) is 19.7 Å². The second kappa shape index (κ2) is 4.04. The maximum absolute atomic E-state index is 5.61. The first-order valence-electron chi connectivity index (χ1n) is 4.59. The second-order valence-corrected chi connectivity index (χ2v) is 2.65. The number of imidazole rings is 1. The Morgan fingerprint density at radius 2 is 1.93 bits per heavy atom. The van der Waals surface area contributed by atoms with Crippen molar-refractivity contribution in [3.8, 4) is 0 Å². The molecule has 0 aliphatic heterocycles. The van der Waals surface area contributed by atoms with E-state index in [-0.39, 0.29) is 0 Å². The van der Waals surface area contributed by atoms with E-state index in [1.54, 1.807) is 0 Å². The van der Waals surface area contributed by atoms with Crippen LogP contribution in [0.25, 0.3) is 11.2 Å². The van der Waals surface area contributed by atoms with Crippen molar-refractivity contribution in [1.82, 2.24) is 19.5 Å². The summed E-state index contributed by atoms with van der Waals surface area (Å²) in [5, 5.41) is 0. The smallest absolute Gasteiger partial charge is 0.165 e. The van der Waals surface area contributed by atoms with Crippen molar-refractivity contribution >= 4 is 17.0 Å². The normalized spacial score (nSPS) is 9.71. The molecule has 0 fully saturated rings. The third-order valence-electron chi connectivity index (χ3n) is 1.91. The molecule has 5 nitrogen and oxygen atoms in total. The van der Waals surface area contributed by atoms with E-state index in [0.29, 0.717) is 11.3 Å². The van der Waals surface area contributed by atoms with Crippen molar-refractivity contribution < 1.29 is 0 Å². The molecule has 0 amide bonds. The second-order valence-electron chi connectivity index (χ2n) is 2.65. The number of aromatic nitrogens is 4. The average Bonchev–Trinajstić information content (AvgIpc) is 2.50. The summed E-state index contributed by atoms with van der Waals surface area (Å²) < 4.78 is 1.88. The summed E-state index contributed by atoms with van der Waals surface area (Å²) in [6.45, 7) is 5.90. The average molecular weight is 193 g/mol. The van der Waals surface area contributed by atoms with Gasteiger partial charge in [-0.15, -0.1) is 0 Å². The third-order valence-corrected chi connectivity index (χ3v) is 1.91. The van der Waals surface area contributed by atoms with Crippen LogP contribution in [0.4, 0.5) is 5.82 Å². The number of rotatable bonds is 0. The van der Waals surface area contributed by atoms with Crippen molar-refractivity contribution in [3.05, 3.63) is 12.2 Å². The van der Waals surface area contributed by atoms with Crippen molar-refractivity contribution in [2.24, 2.45) is 7.05 Å². The summed E-state index contributed by atoms with van der Waals surface area (Å²) in [5.41, 5.74) is 7.07. The number of nitrogen functional groups attached to an aromatic ring is 1. The van der Waals surface area contributed by atoms with E-state index in [1.807, 2.05) is 32.4 Å². The standard InChI is InChI=1S/C7H9N5.C2H6/c1-4-11-5-6(8)9-3-10-7(5)12(4)2;1-2/h3H,1-2H3,(H2,8,9,10);1-2H3. The molecule has 0 bridgehead atoms. The van der Waals surface area contributed by atoms with E-state index in [0.717, 1.165) is 11.5 Å². The van der Waals surface area contributed by atoms with Crippen molar-refractivity contribution in [3.63, 3.8) is 0 Å². The number of aryl methyl sites for hydroxylation is 2. The van der Waals surface area contributed by atoms with E-state index in [2.05, 4.69) is 15.0 Å². The molecule has 0 atom stereocenters. The molecule has 2 N–H and O–H groups in total. The van der Waals surface area contributed by atoms with E-state index >= 15 is 0 Å². The van der Waals surface area contributed by atoms with E-state index in [9.17, 15) is 0 Å². The molecule has 0 saturated heterocycles. The fraction of sp³-hybridized carbons (Fsp3) is 0.444. The third kappa shape index (κ3) is 1.53. The van der Waals surface area contributed by atoms with Crippen molar-refractivity contribution in [2.75, 3.05) is 5.73 Å². The Hall–Kier alpha value is -1.65. The number of hydrogen-bond donors (Lipinski definition) is 1. The van der Waals surface area contributed by atoms with Gasteiger partial charge in [0.25, 0.3) is 0 Å². The lowest BCUT2D eigenvalue weighted by atomic mass is 10.5. The molecule has 0 spiro atoms. The molecule has 0 unspecified atom stereocenters. The predicted octanol–water partition coefficient (Wildman–Crippen LogP) is 1.28. The van der Waals surface area contributed by atoms with Gasteiger partial charge >= 0.3 is 0 Å². The molecule has 0 aromatic carbocycles. The number of nitrogens with zero attached hydrogens (tertiary/aromatic N) is 4.